The predicted octanol–water partition coefficient (Wildman–Crippen LogP) is 4.00. The SMILES string of the molecule is Cc1ccc(C)c2sc(N(CCN3CCOCC3)C(=O)c3cc(=O)c4ccccc4o3)nc12. The van der Waals surface area contributed by atoms with E-state index in [9.17, 15) is 9.59 Å². The molecular formula is C25H25N3O4S. The number of fused-ring (bicyclic) bond motifs is 2. The van der Waals surface area contributed by atoms with E-state index in [1.165, 1.54) is 17.4 Å². The molecule has 2 aromatic heterocycles. The standard InChI is InChI=1S/C25H25N3O4S/c1-16-7-8-17(2)23-22(16)26-25(33-23)28(10-9-27-11-13-31-14-12-27)24(30)21-15-19(29)18-5-3-4-6-20(18)32-21/h3-8,15H,9-14H2,1-2H3. The molecule has 4 aromatic rings. The van der Waals surface area contributed by atoms with E-state index in [1.807, 2.05) is 19.9 Å². The second-order valence-electron chi connectivity index (χ2n) is 8.26. The summed E-state index contributed by atoms with van der Waals surface area (Å²) in [6.45, 7) is 8.21. The van der Waals surface area contributed by atoms with Crippen LogP contribution < -0.4 is 10.3 Å². The molecule has 7 nitrogen and oxygen atoms in total. The first-order valence-electron chi connectivity index (χ1n) is 11.0. The molecule has 3 heterocycles. The van der Waals surface area contributed by atoms with Crippen LogP contribution in [0.5, 0.6) is 0 Å². The number of carbonyl (C=O) groups excluding carboxylic acids is 1. The molecule has 1 aliphatic heterocycles. The molecule has 0 spiro atoms. The van der Waals surface area contributed by atoms with Gasteiger partial charge in [-0.15, -0.1) is 0 Å². The third-order valence-corrected chi connectivity index (χ3v) is 7.21. The fourth-order valence-corrected chi connectivity index (χ4v) is 5.19. The normalized spacial score (nSPS) is 14.7. The van der Waals surface area contributed by atoms with Crippen molar-refractivity contribution in [1.82, 2.24) is 9.88 Å². The molecule has 1 amide bonds. The van der Waals surface area contributed by atoms with E-state index in [4.69, 9.17) is 14.1 Å². The van der Waals surface area contributed by atoms with Crippen molar-refractivity contribution in [2.24, 2.45) is 0 Å². The number of rotatable bonds is 5. The second kappa shape index (κ2) is 9.05. The Bertz CT molecular complexity index is 1350. The molecule has 1 saturated heterocycles. The van der Waals surface area contributed by atoms with Gasteiger partial charge in [0.25, 0.3) is 5.91 Å². The molecule has 170 valence electrons. The van der Waals surface area contributed by atoms with Gasteiger partial charge >= 0.3 is 0 Å². The van der Waals surface area contributed by atoms with Gasteiger partial charge in [0.05, 0.1) is 28.8 Å². The molecule has 33 heavy (non-hydrogen) atoms. The van der Waals surface area contributed by atoms with Crippen molar-refractivity contribution in [3.05, 3.63) is 69.6 Å². The lowest BCUT2D eigenvalue weighted by Crippen LogP contribution is -2.43. The minimum Gasteiger partial charge on any atom is -0.451 e. The maximum absolute atomic E-state index is 13.7. The zero-order valence-electron chi connectivity index (χ0n) is 18.7. The van der Waals surface area contributed by atoms with Crippen LogP contribution in [0.1, 0.15) is 21.7 Å². The Hall–Kier alpha value is -3.07. The van der Waals surface area contributed by atoms with Crippen LogP contribution in [0, 0.1) is 13.8 Å². The number of amides is 1. The van der Waals surface area contributed by atoms with Gasteiger partial charge in [-0.1, -0.05) is 35.6 Å². The van der Waals surface area contributed by atoms with Crippen LogP contribution in [0.15, 0.2) is 51.7 Å². The van der Waals surface area contributed by atoms with Gasteiger partial charge in [0.2, 0.25) is 0 Å². The average Bonchev–Trinajstić information content (AvgIpc) is 3.29. The van der Waals surface area contributed by atoms with Crippen LogP contribution in [0.25, 0.3) is 21.2 Å². The maximum Gasteiger partial charge on any atom is 0.295 e. The van der Waals surface area contributed by atoms with Gasteiger partial charge < -0.3 is 9.15 Å². The number of aromatic nitrogens is 1. The Labute approximate surface area is 195 Å². The van der Waals surface area contributed by atoms with Crippen LogP contribution in [-0.2, 0) is 4.74 Å². The first-order chi connectivity index (χ1) is 16.0. The van der Waals surface area contributed by atoms with Gasteiger partial charge in [-0.3, -0.25) is 19.4 Å². The number of carbonyl (C=O) groups is 1. The van der Waals surface area contributed by atoms with Crippen molar-refractivity contribution < 1.29 is 13.9 Å². The molecule has 0 radical (unpaired) electrons. The molecule has 0 N–H and O–H groups in total. The molecule has 5 rings (SSSR count). The first kappa shape index (κ1) is 21.8. The molecule has 8 heteroatoms. The zero-order chi connectivity index (χ0) is 22.9. The van der Waals surface area contributed by atoms with Crippen molar-refractivity contribution in [3.8, 4) is 0 Å². The molecular weight excluding hydrogens is 438 g/mol. The van der Waals surface area contributed by atoms with Gasteiger partial charge in [0.15, 0.2) is 16.3 Å². The highest BCUT2D eigenvalue weighted by atomic mass is 32.1. The third kappa shape index (κ3) is 4.29. The van der Waals surface area contributed by atoms with E-state index in [0.717, 1.165) is 34.4 Å². The predicted molar refractivity (Wildman–Crippen MR) is 131 cm³/mol. The van der Waals surface area contributed by atoms with Crippen LogP contribution in [0.4, 0.5) is 5.13 Å². The van der Waals surface area contributed by atoms with E-state index in [2.05, 4.69) is 11.0 Å². The number of nitrogens with zero attached hydrogens (tertiary/aromatic N) is 3. The minimum atomic E-state index is -0.361. The van der Waals surface area contributed by atoms with Gasteiger partial charge in [-0.25, -0.2) is 4.98 Å². The van der Waals surface area contributed by atoms with Crippen molar-refractivity contribution >= 4 is 43.6 Å². The highest BCUT2D eigenvalue weighted by Gasteiger charge is 2.26. The monoisotopic (exact) mass is 463 g/mol. The van der Waals surface area contributed by atoms with Gasteiger partial charge in [0.1, 0.15) is 5.58 Å². The Morgan fingerprint density at radius 2 is 1.88 bits per heavy atom. The number of hydrogen-bond donors (Lipinski definition) is 0. The van der Waals surface area contributed by atoms with Crippen molar-refractivity contribution in [1.29, 1.82) is 0 Å². The van der Waals surface area contributed by atoms with Gasteiger partial charge in [0, 0.05) is 32.2 Å². The maximum atomic E-state index is 13.7. The smallest absolute Gasteiger partial charge is 0.295 e. The Kier molecular flexibility index (Phi) is 5.97. The van der Waals surface area contributed by atoms with Crippen molar-refractivity contribution in [2.75, 3.05) is 44.3 Å². The van der Waals surface area contributed by atoms with E-state index in [-0.39, 0.29) is 17.1 Å². The topological polar surface area (TPSA) is 75.9 Å². The molecule has 0 bridgehead atoms. The lowest BCUT2D eigenvalue weighted by molar-refractivity contribution is 0.0390. The summed E-state index contributed by atoms with van der Waals surface area (Å²) in [7, 11) is 0. The van der Waals surface area contributed by atoms with Crippen LogP contribution >= 0.6 is 11.3 Å². The summed E-state index contributed by atoms with van der Waals surface area (Å²) in [4.78, 5) is 35.1. The number of anilines is 1. The van der Waals surface area contributed by atoms with Crippen LogP contribution in [0.3, 0.4) is 0 Å². The summed E-state index contributed by atoms with van der Waals surface area (Å²) in [6.07, 6.45) is 0. The summed E-state index contributed by atoms with van der Waals surface area (Å²) in [5, 5.41) is 1.07. The lowest BCUT2D eigenvalue weighted by atomic mass is 10.1. The first-order valence-corrected chi connectivity index (χ1v) is 11.8. The summed E-state index contributed by atoms with van der Waals surface area (Å²) in [6, 6.07) is 12.4. The molecule has 0 atom stereocenters. The molecule has 0 aliphatic carbocycles. The Balaban J connectivity index is 1.54. The number of ether oxygens (including phenoxy) is 1. The summed E-state index contributed by atoms with van der Waals surface area (Å²) in [5.41, 5.74) is 3.26. The lowest BCUT2D eigenvalue weighted by Gasteiger charge is -2.29. The molecule has 1 aliphatic rings. The zero-order valence-corrected chi connectivity index (χ0v) is 19.5. The van der Waals surface area contributed by atoms with Crippen LogP contribution in [0.2, 0.25) is 0 Å². The minimum absolute atomic E-state index is 0.0216. The number of morpholine rings is 1. The van der Waals surface area contributed by atoms with Crippen molar-refractivity contribution in [2.45, 2.75) is 13.8 Å². The largest absolute Gasteiger partial charge is 0.451 e. The highest BCUT2D eigenvalue weighted by Crippen LogP contribution is 2.33. The number of thiazole rings is 1. The van der Waals surface area contributed by atoms with Gasteiger partial charge in [-0.05, 0) is 37.1 Å². The molecule has 1 fully saturated rings. The quantitative estimate of drug-likeness (QED) is 0.445. The number of aryl methyl sites for hydroxylation is 2. The van der Waals surface area contributed by atoms with E-state index in [0.29, 0.717) is 42.4 Å². The fourth-order valence-electron chi connectivity index (χ4n) is 4.06. The number of benzene rings is 2. The highest BCUT2D eigenvalue weighted by molar-refractivity contribution is 7.22. The summed E-state index contributed by atoms with van der Waals surface area (Å²) in [5.74, 6) is -0.339. The average molecular weight is 464 g/mol. The van der Waals surface area contributed by atoms with Crippen LogP contribution in [-0.4, -0.2) is 55.2 Å². The van der Waals surface area contributed by atoms with Crippen molar-refractivity contribution in [3.63, 3.8) is 0 Å². The second-order valence-corrected chi connectivity index (χ2v) is 9.23. The Morgan fingerprint density at radius 1 is 1.12 bits per heavy atom. The summed E-state index contributed by atoms with van der Waals surface area (Å²) >= 11 is 1.49. The van der Waals surface area contributed by atoms with E-state index in [1.54, 1.807) is 29.2 Å². The molecule has 2 aromatic carbocycles. The fraction of sp³-hybridized carbons (Fsp3) is 0.320. The van der Waals surface area contributed by atoms with Gasteiger partial charge in [-0.2, -0.15) is 0 Å². The summed E-state index contributed by atoms with van der Waals surface area (Å²) < 4.78 is 12.4. The van der Waals surface area contributed by atoms with E-state index < -0.39 is 0 Å². The Morgan fingerprint density at radius 3 is 2.67 bits per heavy atom. The third-order valence-electron chi connectivity index (χ3n) is 6.00. The number of hydrogen-bond acceptors (Lipinski definition) is 7. The number of para-hydroxylation sites is 1. The molecule has 0 unspecified atom stereocenters. The molecule has 0 saturated carbocycles. The van der Waals surface area contributed by atoms with E-state index >= 15 is 0 Å².